The molecule has 0 spiro atoms. The van der Waals surface area contributed by atoms with Crippen molar-refractivity contribution in [2.45, 2.75) is 13.0 Å². The Morgan fingerprint density at radius 3 is 2.35 bits per heavy atom. The Morgan fingerprint density at radius 2 is 1.73 bits per heavy atom. The fourth-order valence-corrected chi connectivity index (χ4v) is 2.05. The van der Waals surface area contributed by atoms with Gasteiger partial charge in [0.1, 0.15) is 11.5 Å². The maximum Gasteiger partial charge on any atom is 0.339 e. The lowest BCUT2D eigenvalue weighted by atomic mass is 10.2. The van der Waals surface area contributed by atoms with E-state index in [2.05, 4.69) is 5.32 Å². The number of benzene rings is 2. The van der Waals surface area contributed by atoms with Crippen molar-refractivity contribution in [2.75, 3.05) is 19.5 Å². The lowest BCUT2D eigenvalue weighted by molar-refractivity contribution is -0.123. The van der Waals surface area contributed by atoms with Gasteiger partial charge in [0.25, 0.3) is 5.91 Å². The minimum atomic E-state index is -1.19. The number of carbonyl (C=O) groups excluding carboxylic acids is 2. The van der Waals surface area contributed by atoms with Crippen molar-refractivity contribution in [1.82, 2.24) is 0 Å². The molecule has 0 radical (unpaired) electrons. The number of esters is 1. The van der Waals surface area contributed by atoms with Crippen molar-refractivity contribution in [3.63, 3.8) is 0 Å². The van der Waals surface area contributed by atoms with Gasteiger partial charge >= 0.3 is 5.97 Å². The van der Waals surface area contributed by atoms with Crippen LogP contribution in [0.5, 0.6) is 11.5 Å². The number of carbonyl (C=O) groups is 2. The third kappa shape index (κ3) is 4.47. The molecule has 2 aromatic rings. The predicted molar refractivity (Wildman–Crippen MR) is 89.4 cm³/mol. The first-order valence-electron chi connectivity index (χ1n) is 7.54. The molecule has 8 heteroatoms. The molecule has 0 saturated heterocycles. The van der Waals surface area contributed by atoms with Crippen LogP contribution in [0.2, 0.25) is 0 Å². The van der Waals surface area contributed by atoms with E-state index in [4.69, 9.17) is 14.2 Å². The second-order valence-electron chi connectivity index (χ2n) is 5.23. The number of hydrogen-bond acceptors (Lipinski definition) is 5. The van der Waals surface area contributed by atoms with Gasteiger partial charge in [-0.2, -0.15) is 0 Å². The predicted octanol–water partition coefficient (Wildman–Crippen LogP) is 3.17. The van der Waals surface area contributed by atoms with Crippen LogP contribution in [-0.4, -0.2) is 32.2 Å². The summed E-state index contributed by atoms with van der Waals surface area (Å²) in [6.45, 7) is 1.35. The second-order valence-corrected chi connectivity index (χ2v) is 5.23. The Labute approximate surface area is 148 Å². The summed E-state index contributed by atoms with van der Waals surface area (Å²) in [5.74, 6) is -2.97. The minimum absolute atomic E-state index is 0.206. The molecule has 0 aliphatic rings. The Balaban J connectivity index is 2.07. The van der Waals surface area contributed by atoms with Gasteiger partial charge in [-0.05, 0) is 37.3 Å². The number of rotatable bonds is 6. The topological polar surface area (TPSA) is 73.9 Å². The molecule has 2 aromatic carbocycles. The Bertz CT molecular complexity index is 825. The second kappa shape index (κ2) is 8.28. The van der Waals surface area contributed by atoms with E-state index in [0.717, 1.165) is 12.1 Å². The summed E-state index contributed by atoms with van der Waals surface area (Å²) in [4.78, 5) is 24.2. The van der Waals surface area contributed by atoms with Crippen LogP contribution in [0.25, 0.3) is 0 Å². The molecule has 0 heterocycles. The number of methoxy groups -OCH3 is 2. The van der Waals surface area contributed by atoms with Crippen LogP contribution < -0.4 is 14.8 Å². The number of nitrogens with one attached hydrogen (secondary N) is 1. The fraction of sp³-hybridized carbons (Fsp3) is 0.222. The molecule has 0 fully saturated rings. The maximum atomic E-state index is 13.2. The first kappa shape index (κ1) is 19.2. The van der Waals surface area contributed by atoms with Crippen LogP contribution in [0.4, 0.5) is 14.5 Å². The maximum absolute atomic E-state index is 13.2. The van der Waals surface area contributed by atoms with Gasteiger partial charge in [-0.3, -0.25) is 4.79 Å². The van der Waals surface area contributed by atoms with Crippen molar-refractivity contribution in [3.05, 3.63) is 53.6 Å². The zero-order valence-electron chi connectivity index (χ0n) is 14.3. The average molecular weight is 365 g/mol. The molecule has 0 aliphatic heterocycles. The number of amides is 1. The van der Waals surface area contributed by atoms with E-state index in [1.165, 1.54) is 21.1 Å². The number of hydrogen-bond donors (Lipinski definition) is 1. The van der Waals surface area contributed by atoms with Gasteiger partial charge in [0, 0.05) is 6.07 Å². The van der Waals surface area contributed by atoms with E-state index in [1.54, 1.807) is 18.2 Å². The van der Waals surface area contributed by atoms with E-state index in [0.29, 0.717) is 23.3 Å². The zero-order valence-corrected chi connectivity index (χ0v) is 14.3. The van der Waals surface area contributed by atoms with E-state index in [1.807, 2.05) is 0 Å². The van der Waals surface area contributed by atoms with Gasteiger partial charge in [-0.25, -0.2) is 13.6 Å². The van der Waals surface area contributed by atoms with Gasteiger partial charge < -0.3 is 19.5 Å². The summed E-state index contributed by atoms with van der Waals surface area (Å²) in [5.41, 5.74) is 0.120. The Kier molecular flexibility index (Phi) is 6.11. The highest BCUT2D eigenvalue weighted by molar-refractivity contribution is 5.98. The normalized spacial score (nSPS) is 11.4. The van der Waals surface area contributed by atoms with Crippen LogP contribution in [-0.2, 0) is 9.53 Å². The standard InChI is InChI=1S/C18H17F2NO5/c1-10(26-18(23)11-4-6-13(19)14(20)8-11)17(22)21-15-9-12(24-2)5-7-16(15)25-3/h4-10H,1-3H3,(H,21,22)/t10-/m0/s1. The first-order valence-corrected chi connectivity index (χ1v) is 7.54. The number of ether oxygens (including phenoxy) is 3. The molecule has 138 valence electrons. The quantitative estimate of drug-likeness (QED) is 0.796. The molecule has 1 atom stereocenters. The van der Waals surface area contributed by atoms with Crippen molar-refractivity contribution in [2.24, 2.45) is 0 Å². The van der Waals surface area contributed by atoms with Crippen molar-refractivity contribution < 1.29 is 32.6 Å². The summed E-state index contributed by atoms with van der Waals surface area (Å²) in [6.07, 6.45) is -1.19. The lowest BCUT2D eigenvalue weighted by Gasteiger charge is -2.16. The molecule has 0 aromatic heterocycles. The van der Waals surface area contributed by atoms with Crippen LogP contribution in [0.15, 0.2) is 36.4 Å². The van der Waals surface area contributed by atoms with Gasteiger partial charge in [-0.15, -0.1) is 0 Å². The fourth-order valence-electron chi connectivity index (χ4n) is 2.05. The molecule has 0 bridgehead atoms. The molecule has 2 rings (SSSR count). The average Bonchev–Trinajstić information content (AvgIpc) is 2.63. The van der Waals surface area contributed by atoms with E-state index in [-0.39, 0.29) is 5.56 Å². The molecule has 1 N–H and O–H groups in total. The van der Waals surface area contributed by atoms with E-state index >= 15 is 0 Å². The molecule has 1 amide bonds. The number of halogens is 2. The molecular weight excluding hydrogens is 348 g/mol. The largest absolute Gasteiger partial charge is 0.497 e. The monoisotopic (exact) mass is 365 g/mol. The lowest BCUT2D eigenvalue weighted by Crippen LogP contribution is -2.30. The van der Waals surface area contributed by atoms with Crippen molar-refractivity contribution in [1.29, 1.82) is 0 Å². The summed E-state index contributed by atoms with van der Waals surface area (Å²) in [7, 11) is 2.91. The molecule has 0 saturated carbocycles. The van der Waals surface area contributed by atoms with Gasteiger partial charge in [0.15, 0.2) is 17.7 Å². The first-order chi connectivity index (χ1) is 12.3. The third-order valence-electron chi connectivity index (χ3n) is 3.47. The molecule has 0 aliphatic carbocycles. The van der Waals surface area contributed by atoms with Crippen LogP contribution >= 0.6 is 0 Å². The number of anilines is 1. The summed E-state index contributed by atoms with van der Waals surface area (Å²) >= 11 is 0. The molecule has 6 nitrogen and oxygen atoms in total. The SMILES string of the molecule is COc1ccc(OC)c(NC(=O)[C@H](C)OC(=O)c2ccc(F)c(F)c2)c1. The van der Waals surface area contributed by atoms with Crippen molar-refractivity contribution >= 4 is 17.6 Å². The van der Waals surface area contributed by atoms with Crippen molar-refractivity contribution in [3.8, 4) is 11.5 Å². The Hall–Kier alpha value is -3.16. The third-order valence-corrected chi connectivity index (χ3v) is 3.47. The summed E-state index contributed by atoms with van der Waals surface area (Å²) < 4.78 is 41.3. The van der Waals surface area contributed by atoms with Crippen LogP contribution in [0.1, 0.15) is 17.3 Å². The smallest absolute Gasteiger partial charge is 0.339 e. The van der Waals surface area contributed by atoms with Crippen LogP contribution in [0, 0.1) is 11.6 Å². The molecular formula is C18H17F2NO5. The van der Waals surface area contributed by atoms with E-state index in [9.17, 15) is 18.4 Å². The van der Waals surface area contributed by atoms with Gasteiger partial charge in [0.05, 0.1) is 25.5 Å². The zero-order chi connectivity index (χ0) is 19.3. The van der Waals surface area contributed by atoms with Crippen LogP contribution in [0.3, 0.4) is 0 Å². The highest BCUT2D eigenvalue weighted by Gasteiger charge is 2.21. The van der Waals surface area contributed by atoms with Gasteiger partial charge in [0.2, 0.25) is 0 Å². The molecule has 0 unspecified atom stereocenters. The Morgan fingerprint density at radius 1 is 1.00 bits per heavy atom. The van der Waals surface area contributed by atoms with Gasteiger partial charge in [-0.1, -0.05) is 0 Å². The molecule has 26 heavy (non-hydrogen) atoms. The highest BCUT2D eigenvalue weighted by Crippen LogP contribution is 2.29. The highest BCUT2D eigenvalue weighted by atomic mass is 19.2. The summed E-state index contributed by atoms with van der Waals surface area (Å²) in [5, 5.41) is 2.56. The minimum Gasteiger partial charge on any atom is -0.497 e. The van der Waals surface area contributed by atoms with E-state index < -0.39 is 29.6 Å². The summed E-state index contributed by atoms with van der Waals surface area (Å²) in [6, 6.07) is 7.37.